The van der Waals surface area contributed by atoms with E-state index in [-0.39, 0.29) is 43.8 Å². The normalized spacial score (nSPS) is 11.8. The van der Waals surface area contributed by atoms with Crippen LogP contribution in [0.15, 0.2) is 11.1 Å². The van der Waals surface area contributed by atoms with E-state index in [1.54, 1.807) is 0 Å². The monoisotopic (exact) mass is 360 g/mol. The van der Waals surface area contributed by atoms with Gasteiger partial charge in [0.2, 0.25) is 0 Å². The second-order valence-electron chi connectivity index (χ2n) is 5.33. The second kappa shape index (κ2) is 14.4. The number of carboxylic acids is 2. The van der Waals surface area contributed by atoms with E-state index < -0.39 is 24.3 Å². The SMILES string of the molecule is CCCOCCOC(=O)CC(CCOCCC)=C(CC(=O)O)C(=O)O. The Labute approximate surface area is 147 Å². The third kappa shape index (κ3) is 12.1. The lowest BCUT2D eigenvalue weighted by atomic mass is 9.99. The zero-order valence-corrected chi connectivity index (χ0v) is 14.9. The average molecular weight is 360 g/mol. The van der Waals surface area contributed by atoms with E-state index in [1.165, 1.54) is 0 Å². The molecule has 0 aromatic rings. The number of ether oxygens (including phenoxy) is 3. The van der Waals surface area contributed by atoms with Gasteiger partial charge in [0.1, 0.15) is 6.61 Å². The van der Waals surface area contributed by atoms with E-state index in [2.05, 4.69) is 0 Å². The van der Waals surface area contributed by atoms with Gasteiger partial charge in [0.25, 0.3) is 0 Å². The second-order valence-corrected chi connectivity index (χ2v) is 5.33. The molecular weight excluding hydrogens is 332 g/mol. The lowest BCUT2D eigenvalue weighted by molar-refractivity contribution is -0.144. The summed E-state index contributed by atoms with van der Waals surface area (Å²) < 4.78 is 15.5. The number of rotatable bonds is 15. The van der Waals surface area contributed by atoms with Crippen molar-refractivity contribution in [3.8, 4) is 0 Å². The van der Waals surface area contributed by atoms with Gasteiger partial charge >= 0.3 is 17.9 Å². The van der Waals surface area contributed by atoms with Crippen LogP contribution in [0, 0.1) is 0 Å². The molecule has 0 aliphatic carbocycles. The van der Waals surface area contributed by atoms with Gasteiger partial charge in [-0.3, -0.25) is 9.59 Å². The highest BCUT2D eigenvalue weighted by molar-refractivity contribution is 5.93. The standard InChI is InChI=1S/C17H28O8/c1-3-6-23-8-5-13(14(17(21)22)12-15(18)19)11-16(20)25-10-9-24-7-4-2/h3-12H2,1-2H3,(H,18,19)(H,21,22). The number of carbonyl (C=O) groups is 3. The molecule has 8 heteroatoms. The molecule has 2 N–H and O–H groups in total. The zero-order chi connectivity index (χ0) is 19.1. The van der Waals surface area contributed by atoms with Gasteiger partial charge in [-0.1, -0.05) is 13.8 Å². The van der Waals surface area contributed by atoms with Crippen LogP contribution in [0.4, 0.5) is 0 Å². The molecule has 0 saturated carbocycles. The van der Waals surface area contributed by atoms with Crippen LogP contribution in [0.3, 0.4) is 0 Å². The molecule has 0 bridgehead atoms. The molecule has 0 saturated heterocycles. The molecule has 25 heavy (non-hydrogen) atoms. The van der Waals surface area contributed by atoms with Crippen molar-refractivity contribution in [2.45, 2.75) is 46.0 Å². The summed E-state index contributed by atoms with van der Waals surface area (Å²) in [7, 11) is 0. The van der Waals surface area contributed by atoms with E-state index in [1.807, 2.05) is 13.8 Å². The number of carboxylic acid groups (broad SMARTS) is 2. The van der Waals surface area contributed by atoms with Crippen LogP contribution < -0.4 is 0 Å². The first-order chi connectivity index (χ1) is 11.9. The fourth-order valence-corrected chi connectivity index (χ4v) is 1.98. The third-order valence-corrected chi connectivity index (χ3v) is 3.11. The van der Waals surface area contributed by atoms with E-state index >= 15 is 0 Å². The van der Waals surface area contributed by atoms with Crippen LogP contribution in [0.5, 0.6) is 0 Å². The molecule has 0 rings (SSSR count). The minimum Gasteiger partial charge on any atom is -0.481 e. The Morgan fingerprint density at radius 1 is 0.800 bits per heavy atom. The van der Waals surface area contributed by atoms with E-state index in [9.17, 15) is 19.5 Å². The Balaban J connectivity index is 4.83. The van der Waals surface area contributed by atoms with Crippen LogP contribution in [-0.2, 0) is 28.6 Å². The summed E-state index contributed by atoms with van der Waals surface area (Å²) >= 11 is 0. The van der Waals surface area contributed by atoms with Crippen LogP contribution in [0.1, 0.15) is 46.0 Å². The zero-order valence-electron chi connectivity index (χ0n) is 14.9. The highest BCUT2D eigenvalue weighted by atomic mass is 16.6. The molecular formula is C17H28O8. The molecule has 0 aromatic heterocycles. The molecule has 8 nitrogen and oxygen atoms in total. The predicted molar refractivity (Wildman–Crippen MR) is 89.3 cm³/mol. The third-order valence-electron chi connectivity index (χ3n) is 3.11. The van der Waals surface area contributed by atoms with Crippen molar-refractivity contribution in [3.63, 3.8) is 0 Å². The van der Waals surface area contributed by atoms with Crippen molar-refractivity contribution in [1.82, 2.24) is 0 Å². The maximum atomic E-state index is 11.9. The number of hydrogen-bond donors (Lipinski definition) is 2. The highest BCUT2D eigenvalue weighted by Crippen LogP contribution is 2.18. The lowest BCUT2D eigenvalue weighted by Crippen LogP contribution is -2.16. The van der Waals surface area contributed by atoms with Crippen LogP contribution >= 0.6 is 0 Å². The first-order valence-corrected chi connectivity index (χ1v) is 8.39. The highest BCUT2D eigenvalue weighted by Gasteiger charge is 2.20. The minimum atomic E-state index is -1.35. The Morgan fingerprint density at radius 2 is 1.40 bits per heavy atom. The van der Waals surface area contributed by atoms with Gasteiger partial charge in [0.15, 0.2) is 0 Å². The van der Waals surface area contributed by atoms with E-state index in [0.29, 0.717) is 13.2 Å². The van der Waals surface area contributed by atoms with Crippen molar-refractivity contribution >= 4 is 17.9 Å². The number of aliphatic carboxylic acids is 2. The van der Waals surface area contributed by atoms with E-state index in [0.717, 1.165) is 12.8 Å². The molecule has 0 atom stereocenters. The predicted octanol–water partition coefficient (Wildman–Crippen LogP) is 2.02. The largest absolute Gasteiger partial charge is 0.481 e. The Kier molecular flexibility index (Phi) is 13.3. The maximum absolute atomic E-state index is 11.9. The van der Waals surface area contributed by atoms with Gasteiger partial charge in [-0.05, 0) is 24.8 Å². The van der Waals surface area contributed by atoms with Gasteiger partial charge < -0.3 is 24.4 Å². The Hall–Kier alpha value is -1.93. The van der Waals surface area contributed by atoms with Gasteiger partial charge in [-0.15, -0.1) is 0 Å². The van der Waals surface area contributed by atoms with Crippen LogP contribution in [0.2, 0.25) is 0 Å². The number of carbonyl (C=O) groups excluding carboxylic acids is 1. The number of hydrogen-bond acceptors (Lipinski definition) is 6. The smallest absolute Gasteiger partial charge is 0.332 e. The first-order valence-electron chi connectivity index (χ1n) is 8.39. The Bertz CT molecular complexity index is 456. The molecule has 0 aromatic carbocycles. The molecule has 0 radical (unpaired) electrons. The van der Waals surface area contributed by atoms with Crippen molar-refractivity contribution in [2.75, 3.05) is 33.0 Å². The molecule has 0 heterocycles. The molecule has 0 unspecified atom stereocenters. The van der Waals surface area contributed by atoms with Gasteiger partial charge in [0, 0.05) is 18.8 Å². The fourth-order valence-electron chi connectivity index (χ4n) is 1.98. The summed E-state index contributed by atoms with van der Waals surface area (Å²) in [5.74, 6) is -3.24. The Morgan fingerprint density at radius 3 is 1.92 bits per heavy atom. The van der Waals surface area contributed by atoms with Gasteiger partial charge in [-0.2, -0.15) is 0 Å². The maximum Gasteiger partial charge on any atom is 0.332 e. The quantitative estimate of drug-likeness (QED) is 0.259. The first kappa shape index (κ1) is 23.1. The van der Waals surface area contributed by atoms with Crippen molar-refractivity contribution in [2.24, 2.45) is 0 Å². The molecule has 144 valence electrons. The minimum absolute atomic E-state index is 0.0692. The summed E-state index contributed by atoms with van der Waals surface area (Å²) in [4.78, 5) is 34.1. The molecule has 0 fully saturated rings. The van der Waals surface area contributed by atoms with Crippen molar-refractivity contribution in [3.05, 3.63) is 11.1 Å². The summed E-state index contributed by atoms with van der Waals surface area (Å²) in [6.07, 6.45) is 0.884. The molecule has 0 aliphatic heterocycles. The lowest BCUT2D eigenvalue weighted by Gasteiger charge is -2.12. The van der Waals surface area contributed by atoms with Crippen LogP contribution in [0.25, 0.3) is 0 Å². The van der Waals surface area contributed by atoms with Crippen molar-refractivity contribution in [1.29, 1.82) is 0 Å². The molecule has 0 amide bonds. The molecule has 0 aliphatic rings. The summed E-state index contributed by atoms with van der Waals surface area (Å²) in [6, 6.07) is 0. The topological polar surface area (TPSA) is 119 Å². The average Bonchev–Trinajstić information content (AvgIpc) is 2.55. The summed E-state index contributed by atoms with van der Waals surface area (Å²) in [5, 5.41) is 18.1. The van der Waals surface area contributed by atoms with Gasteiger partial charge in [0.05, 0.1) is 26.1 Å². The number of esters is 1. The van der Waals surface area contributed by atoms with Gasteiger partial charge in [-0.25, -0.2) is 4.79 Å². The van der Waals surface area contributed by atoms with Crippen molar-refractivity contribution < 1.29 is 38.8 Å². The summed E-state index contributed by atoms with van der Waals surface area (Å²) in [5.41, 5.74) is -0.0859. The summed E-state index contributed by atoms with van der Waals surface area (Å²) in [6.45, 7) is 5.51. The fraction of sp³-hybridized carbons (Fsp3) is 0.706. The van der Waals surface area contributed by atoms with E-state index in [4.69, 9.17) is 19.3 Å². The van der Waals surface area contributed by atoms with Crippen LogP contribution in [-0.4, -0.2) is 61.2 Å². The molecule has 0 spiro atoms.